The van der Waals surface area contributed by atoms with Gasteiger partial charge >= 0.3 is 0 Å². The smallest absolute Gasteiger partial charge is 0.256 e. The van der Waals surface area contributed by atoms with Crippen LogP contribution in [0.4, 0.5) is 5.69 Å². The molecule has 19 heavy (non-hydrogen) atoms. The van der Waals surface area contributed by atoms with Crippen molar-refractivity contribution in [3.05, 3.63) is 58.1 Å². The molecule has 0 aliphatic carbocycles. The molecular weight excluding hydrogens is 306 g/mol. The third-order valence-corrected chi connectivity index (χ3v) is 3.44. The van der Waals surface area contributed by atoms with E-state index in [1.54, 1.807) is 24.3 Å². The number of anilines is 1. The summed E-state index contributed by atoms with van der Waals surface area (Å²) in [7, 11) is 0. The number of phenolic OH excluding ortho intramolecular Hbond substituents is 1. The Bertz CT molecular complexity index is 707. The molecule has 2 aromatic rings. The summed E-state index contributed by atoms with van der Waals surface area (Å²) in [5.41, 5.74) is 3.06. The normalized spacial score (nSPS) is 15.4. The van der Waals surface area contributed by atoms with Crippen molar-refractivity contribution in [3.63, 3.8) is 0 Å². The Kier molecular flexibility index (Phi) is 2.87. The van der Waals surface area contributed by atoms with Gasteiger partial charge in [-0.2, -0.15) is 0 Å². The minimum Gasteiger partial charge on any atom is -0.508 e. The highest BCUT2D eigenvalue weighted by molar-refractivity contribution is 9.10. The van der Waals surface area contributed by atoms with Crippen molar-refractivity contribution >= 4 is 39.2 Å². The highest BCUT2D eigenvalue weighted by Gasteiger charge is 2.23. The van der Waals surface area contributed by atoms with Crippen molar-refractivity contribution < 1.29 is 9.90 Å². The van der Waals surface area contributed by atoms with Gasteiger partial charge in [-0.15, -0.1) is 0 Å². The van der Waals surface area contributed by atoms with Gasteiger partial charge in [-0.05, 0) is 42.0 Å². The average molecular weight is 316 g/mol. The first-order chi connectivity index (χ1) is 9.13. The monoisotopic (exact) mass is 315 g/mol. The molecule has 3 rings (SSSR count). The zero-order valence-electron chi connectivity index (χ0n) is 9.85. The molecule has 0 atom stereocenters. The molecule has 94 valence electrons. The molecule has 0 spiro atoms. The maximum absolute atomic E-state index is 12.0. The molecule has 1 aliphatic rings. The number of carbonyl (C=O) groups is 1. The summed E-state index contributed by atoms with van der Waals surface area (Å²) in [6, 6.07) is 12.5. The topological polar surface area (TPSA) is 49.3 Å². The lowest BCUT2D eigenvalue weighted by Gasteiger charge is -2.00. The summed E-state index contributed by atoms with van der Waals surface area (Å²) >= 11 is 3.40. The average Bonchev–Trinajstić information content (AvgIpc) is 2.66. The van der Waals surface area contributed by atoms with Crippen molar-refractivity contribution in [2.24, 2.45) is 0 Å². The molecule has 0 radical (unpaired) electrons. The zero-order valence-corrected chi connectivity index (χ0v) is 11.4. The fourth-order valence-corrected chi connectivity index (χ4v) is 2.45. The number of aromatic hydroxyl groups is 1. The highest BCUT2D eigenvalue weighted by atomic mass is 79.9. The first-order valence-electron chi connectivity index (χ1n) is 5.75. The molecule has 2 aromatic carbocycles. The van der Waals surface area contributed by atoms with Crippen LogP contribution < -0.4 is 5.32 Å². The van der Waals surface area contributed by atoms with Gasteiger partial charge in [0.25, 0.3) is 5.91 Å². The lowest BCUT2D eigenvalue weighted by molar-refractivity contribution is -0.110. The second kappa shape index (κ2) is 4.55. The van der Waals surface area contributed by atoms with E-state index in [9.17, 15) is 9.90 Å². The third-order valence-electron chi connectivity index (χ3n) is 2.95. The molecular formula is C15H10BrNO2. The number of halogens is 1. The van der Waals surface area contributed by atoms with E-state index < -0.39 is 0 Å². The third kappa shape index (κ3) is 2.27. The predicted molar refractivity (Wildman–Crippen MR) is 78.7 cm³/mol. The first kappa shape index (κ1) is 12.0. The van der Waals surface area contributed by atoms with Crippen LogP contribution in [-0.4, -0.2) is 11.0 Å². The number of hydrogen-bond donors (Lipinski definition) is 2. The highest BCUT2D eigenvalue weighted by Crippen LogP contribution is 2.35. The number of rotatable bonds is 1. The van der Waals surface area contributed by atoms with E-state index in [2.05, 4.69) is 21.2 Å². The number of benzene rings is 2. The molecule has 1 amide bonds. The van der Waals surface area contributed by atoms with Crippen LogP contribution in [0.25, 0.3) is 11.6 Å². The lowest BCUT2D eigenvalue weighted by Crippen LogP contribution is -2.03. The summed E-state index contributed by atoms with van der Waals surface area (Å²) in [5.74, 6) is 0.0543. The summed E-state index contributed by atoms with van der Waals surface area (Å²) in [5, 5.41) is 12.3. The van der Waals surface area contributed by atoms with Gasteiger partial charge in [-0.1, -0.05) is 28.1 Å². The van der Waals surface area contributed by atoms with Gasteiger partial charge in [0, 0.05) is 21.3 Å². The van der Waals surface area contributed by atoms with Crippen molar-refractivity contribution in [2.75, 3.05) is 5.32 Å². The van der Waals surface area contributed by atoms with Gasteiger partial charge in [-0.3, -0.25) is 4.79 Å². The van der Waals surface area contributed by atoms with E-state index in [0.29, 0.717) is 5.57 Å². The summed E-state index contributed by atoms with van der Waals surface area (Å²) in [4.78, 5) is 12.0. The zero-order chi connectivity index (χ0) is 13.4. The van der Waals surface area contributed by atoms with Crippen LogP contribution in [0.2, 0.25) is 0 Å². The van der Waals surface area contributed by atoms with Gasteiger partial charge in [0.15, 0.2) is 0 Å². The minimum atomic E-state index is -0.128. The van der Waals surface area contributed by atoms with Crippen LogP contribution in [0, 0.1) is 0 Å². The van der Waals surface area contributed by atoms with Gasteiger partial charge in [-0.25, -0.2) is 0 Å². The molecule has 0 fully saturated rings. The molecule has 1 aliphatic heterocycles. The van der Waals surface area contributed by atoms with Gasteiger partial charge < -0.3 is 10.4 Å². The number of carbonyl (C=O) groups excluding carboxylic acids is 1. The van der Waals surface area contributed by atoms with Crippen LogP contribution in [-0.2, 0) is 4.79 Å². The molecule has 0 bridgehead atoms. The molecule has 4 heteroatoms. The largest absolute Gasteiger partial charge is 0.508 e. The first-order valence-corrected chi connectivity index (χ1v) is 6.55. The SMILES string of the molecule is O=C1Nc2ccc(Br)cc2/C1=C/c1cccc(O)c1. The molecule has 0 saturated heterocycles. The Morgan fingerprint density at radius 3 is 2.79 bits per heavy atom. The number of hydrogen-bond acceptors (Lipinski definition) is 2. The van der Waals surface area contributed by atoms with E-state index in [-0.39, 0.29) is 11.7 Å². The second-order valence-corrected chi connectivity index (χ2v) is 5.21. The number of phenols is 1. The van der Waals surface area contributed by atoms with Crippen LogP contribution in [0.3, 0.4) is 0 Å². The van der Waals surface area contributed by atoms with Crippen molar-refractivity contribution in [1.82, 2.24) is 0 Å². The second-order valence-electron chi connectivity index (χ2n) is 4.30. The Balaban J connectivity index is 2.11. The summed E-state index contributed by atoms with van der Waals surface area (Å²) < 4.78 is 0.921. The molecule has 1 heterocycles. The summed E-state index contributed by atoms with van der Waals surface area (Å²) in [6.45, 7) is 0. The Hall–Kier alpha value is -2.07. The van der Waals surface area contributed by atoms with E-state index >= 15 is 0 Å². The van der Waals surface area contributed by atoms with Crippen molar-refractivity contribution in [3.8, 4) is 5.75 Å². The van der Waals surface area contributed by atoms with Crippen LogP contribution in [0.5, 0.6) is 5.75 Å². The fraction of sp³-hybridized carbons (Fsp3) is 0. The fourth-order valence-electron chi connectivity index (χ4n) is 2.08. The summed E-state index contributed by atoms with van der Waals surface area (Å²) in [6.07, 6.45) is 1.77. The van der Waals surface area contributed by atoms with Crippen LogP contribution in [0.15, 0.2) is 46.9 Å². The Labute approximate surface area is 118 Å². The van der Waals surface area contributed by atoms with Gasteiger partial charge in [0.2, 0.25) is 0 Å². The van der Waals surface area contributed by atoms with Crippen molar-refractivity contribution in [1.29, 1.82) is 0 Å². The standard InChI is InChI=1S/C15H10BrNO2/c16-10-4-5-14-12(8-10)13(15(19)17-14)7-9-2-1-3-11(18)6-9/h1-8,18H,(H,17,19)/b13-7-. The molecule has 3 nitrogen and oxygen atoms in total. The van der Waals surface area contributed by atoms with E-state index in [4.69, 9.17) is 0 Å². The van der Waals surface area contributed by atoms with Crippen LogP contribution >= 0.6 is 15.9 Å². The molecule has 0 aromatic heterocycles. The maximum atomic E-state index is 12.0. The van der Waals surface area contributed by atoms with Crippen molar-refractivity contribution in [2.45, 2.75) is 0 Å². The predicted octanol–water partition coefficient (Wildman–Crippen LogP) is 3.65. The number of fused-ring (bicyclic) bond motifs is 1. The molecule has 2 N–H and O–H groups in total. The quantitative estimate of drug-likeness (QED) is 0.789. The lowest BCUT2D eigenvalue weighted by atomic mass is 10.0. The van der Waals surface area contributed by atoms with Gasteiger partial charge in [0.05, 0.1) is 0 Å². The Morgan fingerprint density at radius 2 is 2.00 bits per heavy atom. The van der Waals surface area contributed by atoms with E-state index in [0.717, 1.165) is 21.3 Å². The molecule has 0 unspecified atom stereocenters. The minimum absolute atomic E-state index is 0.128. The van der Waals surface area contributed by atoms with Crippen LogP contribution in [0.1, 0.15) is 11.1 Å². The number of nitrogens with one attached hydrogen (secondary N) is 1. The van der Waals surface area contributed by atoms with E-state index in [1.807, 2.05) is 24.3 Å². The van der Waals surface area contributed by atoms with E-state index in [1.165, 1.54) is 0 Å². The Morgan fingerprint density at radius 1 is 1.16 bits per heavy atom. The maximum Gasteiger partial charge on any atom is 0.256 e. The van der Waals surface area contributed by atoms with Gasteiger partial charge in [0.1, 0.15) is 5.75 Å². The number of amides is 1. The molecule has 0 saturated carbocycles.